The number of oxime groups is 1. The molecule has 27 heavy (non-hydrogen) atoms. The molecule has 1 heterocycles. The van der Waals surface area contributed by atoms with E-state index >= 15 is 0 Å². The first-order valence-corrected chi connectivity index (χ1v) is 9.21. The quantitative estimate of drug-likeness (QED) is 0.267. The van der Waals surface area contributed by atoms with Gasteiger partial charge in [-0.05, 0) is 29.3 Å². The Morgan fingerprint density at radius 2 is 1.59 bits per heavy atom. The predicted molar refractivity (Wildman–Crippen MR) is 108 cm³/mol. The summed E-state index contributed by atoms with van der Waals surface area (Å²) in [5.41, 5.74) is 5.01. The maximum Gasteiger partial charge on any atom is 0.132 e. The van der Waals surface area contributed by atoms with Gasteiger partial charge in [0.1, 0.15) is 10.8 Å². The molecule has 0 aliphatic rings. The highest BCUT2D eigenvalue weighted by Crippen LogP contribution is 2.31. The van der Waals surface area contributed by atoms with Crippen molar-refractivity contribution in [1.82, 2.24) is 4.98 Å². The van der Waals surface area contributed by atoms with Gasteiger partial charge < -0.3 is 5.21 Å². The topological polar surface area (TPSA) is 45.5 Å². The molecule has 0 aliphatic heterocycles. The number of aromatic nitrogens is 1. The van der Waals surface area contributed by atoms with Crippen LogP contribution >= 0.6 is 11.3 Å². The van der Waals surface area contributed by atoms with Crippen LogP contribution in [0.1, 0.15) is 5.56 Å². The van der Waals surface area contributed by atoms with Crippen molar-refractivity contribution in [3.63, 3.8) is 0 Å². The average Bonchev–Trinajstić information content (AvgIpc) is 3.21. The van der Waals surface area contributed by atoms with Crippen LogP contribution in [0, 0.1) is 5.82 Å². The third kappa shape index (κ3) is 3.64. The lowest BCUT2D eigenvalue weighted by Gasteiger charge is -2.06. The minimum Gasteiger partial charge on any atom is -0.411 e. The summed E-state index contributed by atoms with van der Waals surface area (Å²) in [7, 11) is 0. The van der Waals surface area contributed by atoms with Crippen LogP contribution < -0.4 is 0 Å². The molecule has 1 N–H and O–H groups in total. The van der Waals surface area contributed by atoms with E-state index in [0.717, 1.165) is 39.2 Å². The van der Waals surface area contributed by atoms with E-state index in [1.54, 1.807) is 23.5 Å². The number of hydrogen-bond donors (Lipinski definition) is 1. The minimum atomic E-state index is -0.431. The highest BCUT2D eigenvalue weighted by molar-refractivity contribution is 7.13. The summed E-state index contributed by atoms with van der Waals surface area (Å²) in [6.45, 7) is 0. The van der Waals surface area contributed by atoms with Crippen LogP contribution in [0.15, 0.2) is 83.3 Å². The van der Waals surface area contributed by atoms with Gasteiger partial charge in [0.15, 0.2) is 0 Å². The van der Waals surface area contributed by atoms with Gasteiger partial charge >= 0.3 is 0 Å². The molecule has 0 saturated heterocycles. The average molecular weight is 374 g/mol. The molecule has 3 aromatic carbocycles. The van der Waals surface area contributed by atoms with Crippen LogP contribution in [0.2, 0.25) is 0 Å². The van der Waals surface area contributed by atoms with Gasteiger partial charge in [0.05, 0.1) is 11.9 Å². The Labute approximate surface area is 160 Å². The molecular weight excluding hydrogens is 359 g/mol. The van der Waals surface area contributed by atoms with Crippen LogP contribution in [-0.4, -0.2) is 16.4 Å². The largest absolute Gasteiger partial charge is 0.411 e. The van der Waals surface area contributed by atoms with Gasteiger partial charge in [0.2, 0.25) is 0 Å². The first-order valence-electron chi connectivity index (χ1n) is 8.33. The van der Waals surface area contributed by atoms with Crippen molar-refractivity contribution in [3.05, 3.63) is 89.6 Å². The Kier molecular flexibility index (Phi) is 4.77. The van der Waals surface area contributed by atoms with Gasteiger partial charge in [-0.2, -0.15) is 0 Å². The third-order valence-electron chi connectivity index (χ3n) is 4.21. The van der Waals surface area contributed by atoms with E-state index in [1.807, 2.05) is 60.0 Å². The normalized spacial score (nSPS) is 11.1. The van der Waals surface area contributed by atoms with Crippen LogP contribution in [0.3, 0.4) is 0 Å². The Morgan fingerprint density at radius 3 is 2.41 bits per heavy atom. The summed E-state index contributed by atoms with van der Waals surface area (Å²) in [5, 5.41) is 14.6. The van der Waals surface area contributed by atoms with E-state index in [-0.39, 0.29) is 5.56 Å². The highest BCUT2D eigenvalue weighted by atomic mass is 32.1. The molecule has 1 aromatic heterocycles. The van der Waals surface area contributed by atoms with E-state index < -0.39 is 5.82 Å². The number of rotatable bonds is 4. The molecule has 132 valence electrons. The second-order valence-corrected chi connectivity index (χ2v) is 6.82. The second-order valence-electron chi connectivity index (χ2n) is 5.97. The first-order chi connectivity index (χ1) is 13.2. The van der Waals surface area contributed by atoms with Crippen LogP contribution in [-0.2, 0) is 0 Å². The summed E-state index contributed by atoms with van der Waals surface area (Å²) in [5.74, 6) is -0.431. The van der Waals surface area contributed by atoms with E-state index in [1.165, 1.54) is 6.07 Å². The van der Waals surface area contributed by atoms with E-state index in [4.69, 9.17) is 10.2 Å². The van der Waals surface area contributed by atoms with E-state index in [0.29, 0.717) is 0 Å². The van der Waals surface area contributed by atoms with Crippen LogP contribution in [0.4, 0.5) is 4.39 Å². The van der Waals surface area contributed by atoms with E-state index in [2.05, 4.69) is 5.16 Å². The Morgan fingerprint density at radius 1 is 0.852 bits per heavy atom. The second kappa shape index (κ2) is 7.51. The lowest BCUT2D eigenvalue weighted by molar-refractivity contribution is 0.321. The molecule has 0 amide bonds. The maximum atomic E-state index is 13.8. The number of nitrogens with zero attached hydrogens (tertiary/aromatic N) is 2. The molecule has 4 aromatic rings. The molecule has 0 spiro atoms. The zero-order valence-electron chi connectivity index (χ0n) is 14.2. The molecule has 0 saturated carbocycles. The van der Waals surface area contributed by atoms with Crippen molar-refractivity contribution in [2.45, 2.75) is 0 Å². The number of halogens is 1. The fraction of sp³-hybridized carbons (Fsp3) is 0. The molecule has 0 fully saturated rings. The molecule has 5 heteroatoms. The van der Waals surface area contributed by atoms with Gasteiger partial charge in [-0.3, -0.25) is 0 Å². The summed E-state index contributed by atoms with van der Waals surface area (Å²) in [6, 6.07) is 22.8. The Bertz CT molecular complexity index is 1110. The summed E-state index contributed by atoms with van der Waals surface area (Å²) < 4.78 is 13.8. The minimum absolute atomic E-state index is 0.237. The number of benzene rings is 3. The monoisotopic (exact) mass is 374 g/mol. The summed E-state index contributed by atoms with van der Waals surface area (Å²) in [6.07, 6.45) is 1.09. The highest BCUT2D eigenvalue weighted by Gasteiger charge is 2.09. The van der Waals surface area contributed by atoms with Crippen LogP contribution in [0.25, 0.3) is 33.0 Å². The molecule has 0 aliphatic carbocycles. The fourth-order valence-electron chi connectivity index (χ4n) is 2.86. The van der Waals surface area contributed by atoms with Crippen molar-refractivity contribution in [1.29, 1.82) is 0 Å². The Hall–Kier alpha value is -3.31. The smallest absolute Gasteiger partial charge is 0.132 e. The van der Waals surface area contributed by atoms with E-state index in [9.17, 15) is 4.39 Å². The summed E-state index contributed by atoms with van der Waals surface area (Å²) >= 11 is 1.60. The maximum absolute atomic E-state index is 13.8. The predicted octanol–water partition coefficient (Wildman–Crippen LogP) is 6.09. The van der Waals surface area contributed by atoms with Gasteiger partial charge in [-0.25, -0.2) is 9.37 Å². The van der Waals surface area contributed by atoms with Crippen molar-refractivity contribution in [3.8, 4) is 33.0 Å². The molecule has 0 bridgehead atoms. The molecule has 3 nitrogen and oxygen atoms in total. The van der Waals surface area contributed by atoms with Gasteiger partial charge in [-0.1, -0.05) is 59.8 Å². The molecule has 0 radical (unpaired) electrons. The molecule has 4 rings (SSSR count). The van der Waals surface area contributed by atoms with Crippen molar-refractivity contribution in [2.75, 3.05) is 0 Å². The van der Waals surface area contributed by atoms with Gasteiger partial charge in [0.25, 0.3) is 0 Å². The molecule has 0 unspecified atom stereocenters. The number of thiazole rings is 1. The van der Waals surface area contributed by atoms with Gasteiger partial charge in [0, 0.05) is 22.1 Å². The zero-order chi connectivity index (χ0) is 18.6. The lowest BCUT2D eigenvalue weighted by Crippen LogP contribution is -1.90. The fourth-order valence-corrected chi connectivity index (χ4v) is 3.70. The van der Waals surface area contributed by atoms with Crippen molar-refractivity contribution in [2.24, 2.45) is 5.16 Å². The summed E-state index contributed by atoms with van der Waals surface area (Å²) in [4.78, 5) is 4.75. The number of hydrogen-bond acceptors (Lipinski definition) is 4. The molecule has 0 atom stereocenters. The van der Waals surface area contributed by atoms with Crippen molar-refractivity contribution >= 4 is 17.6 Å². The molecular formula is C22H15FN2OS. The van der Waals surface area contributed by atoms with Crippen LogP contribution in [0.5, 0.6) is 0 Å². The van der Waals surface area contributed by atoms with Gasteiger partial charge in [-0.15, -0.1) is 11.3 Å². The standard InChI is InChI=1S/C22H15FN2OS/c23-20-10-9-17(12-19(20)13-24-26)16-7-4-8-18(11-16)21-14-27-22(25-21)15-5-2-1-3-6-15/h1-14,26H/b24-13+. The van der Waals surface area contributed by atoms with Crippen molar-refractivity contribution < 1.29 is 9.60 Å². The zero-order valence-corrected chi connectivity index (χ0v) is 15.0. The first kappa shape index (κ1) is 17.1. The SMILES string of the molecule is O/N=C/c1cc(-c2cccc(-c3csc(-c4ccccc4)n3)c2)ccc1F. The lowest BCUT2D eigenvalue weighted by atomic mass is 10.0. The third-order valence-corrected chi connectivity index (χ3v) is 5.10. The Balaban J connectivity index is 1.70.